The number of carbonyl (C=O) groups excluding carboxylic acids is 2. The summed E-state index contributed by atoms with van der Waals surface area (Å²) in [5.74, 6) is -0.190. The summed E-state index contributed by atoms with van der Waals surface area (Å²) in [4.78, 5) is 35.7. The number of fused-ring (bicyclic) bond motifs is 1. The van der Waals surface area contributed by atoms with Gasteiger partial charge in [-0.1, -0.05) is 50.2 Å². The Labute approximate surface area is 261 Å². The molecule has 0 aliphatic carbocycles. The van der Waals surface area contributed by atoms with E-state index in [0.717, 1.165) is 5.56 Å². The van der Waals surface area contributed by atoms with Gasteiger partial charge in [0.05, 0.1) is 23.6 Å². The highest BCUT2D eigenvalue weighted by atomic mass is 32.2. The van der Waals surface area contributed by atoms with Crippen molar-refractivity contribution >= 4 is 45.0 Å². The molecule has 45 heavy (non-hydrogen) atoms. The number of nitrogens with two attached hydrogens (primary N) is 1. The molecule has 2 aromatic heterocycles. The number of nitrogen functional groups attached to an aromatic ring is 1. The number of cyclic esters (lactones) is 1. The smallest absolute Gasteiger partial charge is 0.416 e. The Kier molecular flexibility index (Phi) is 9.65. The predicted octanol–water partition coefficient (Wildman–Crippen LogP) is 3.22. The number of nitrogens with zero attached hydrogens (tertiary/aromatic N) is 4. The second-order valence-electron chi connectivity index (χ2n) is 11.1. The molecule has 0 spiro atoms. The quantitative estimate of drug-likeness (QED) is 0.222. The van der Waals surface area contributed by atoms with Crippen LogP contribution in [0.3, 0.4) is 0 Å². The molecule has 1 aliphatic heterocycles. The molecule has 2 amide bonds. The van der Waals surface area contributed by atoms with Crippen LogP contribution in [0.25, 0.3) is 11.1 Å². The van der Waals surface area contributed by atoms with Crippen molar-refractivity contribution in [2.75, 3.05) is 37.4 Å². The van der Waals surface area contributed by atoms with Crippen molar-refractivity contribution in [2.24, 2.45) is 5.92 Å². The lowest BCUT2D eigenvalue weighted by Crippen LogP contribution is -2.54. The molecular weight excluding hydrogens is 600 g/mol. The van der Waals surface area contributed by atoms with E-state index in [0.29, 0.717) is 17.8 Å². The van der Waals surface area contributed by atoms with Crippen LogP contribution in [0.4, 0.5) is 16.6 Å². The minimum absolute atomic E-state index is 0.0118. The number of carbonyl (C=O) groups is 2. The number of amides is 2. The van der Waals surface area contributed by atoms with E-state index in [2.05, 4.69) is 15.3 Å². The van der Waals surface area contributed by atoms with Gasteiger partial charge in [-0.3, -0.25) is 9.69 Å². The molecule has 14 heteroatoms. The summed E-state index contributed by atoms with van der Waals surface area (Å²) in [6.07, 6.45) is -0.695. The van der Waals surface area contributed by atoms with Crippen molar-refractivity contribution < 1.29 is 31.9 Å². The first-order valence-electron chi connectivity index (χ1n) is 14.5. The van der Waals surface area contributed by atoms with Crippen molar-refractivity contribution in [1.29, 1.82) is 0 Å². The van der Waals surface area contributed by atoms with Crippen LogP contribution < -0.4 is 16.0 Å². The van der Waals surface area contributed by atoms with Gasteiger partial charge in [-0.05, 0) is 42.2 Å². The number of hydrogen-bond donors (Lipinski definition) is 2. The molecule has 0 saturated carbocycles. The van der Waals surface area contributed by atoms with Gasteiger partial charge >= 0.3 is 6.09 Å². The maximum atomic E-state index is 14.0. The van der Waals surface area contributed by atoms with Gasteiger partial charge in [0.25, 0.3) is 11.9 Å². The molecule has 1 fully saturated rings. The fraction of sp³-hybridized carbons (Fsp3) is 0.355. The molecule has 0 unspecified atom stereocenters. The van der Waals surface area contributed by atoms with Gasteiger partial charge in [0.2, 0.25) is 10.0 Å². The van der Waals surface area contributed by atoms with Crippen LogP contribution in [-0.2, 0) is 30.7 Å². The Bertz CT molecular complexity index is 1730. The number of benzene rings is 2. The Hall–Kier alpha value is -4.53. The minimum Gasteiger partial charge on any atom is -0.434 e. The second-order valence-corrected chi connectivity index (χ2v) is 13.1. The lowest BCUT2D eigenvalue weighted by molar-refractivity contribution is -0.129. The molecule has 4 aromatic rings. The first-order valence-corrected chi connectivity index (χ1v) is 15.9. The number of oxazole rings is 1. The maximum absolute atomic E-state index is 14.0. The minimum atomic E-state index is -4.05. The summed E-state index contributed by atoms with van der Waals surface area (Å²) < 4.78 is 46.0. The number of pyridine rings is 1. The summed E-state index contributed by atoms with van der Waals surface area (Å²) in [5.41, 5.74) is 7.25. The maximum Gasteiger partial charge on any atom is 0.416 e. The highest BCUT2D eigenvalue weighted by Crippen LogP contribution is 2.25. The summed E-state index contributed by atoms with van der Waals surface area (Å²) in [5, 5.41) is 2.98. The van der Waals surface area contributed by atoms with Crippen molar-refractivity contribution in [2.45, 2.75) is 43.4 Å². The van der Waals surface area contributed by atoms with E-state index >= 15 is 0 Å². The number of ether oxygens (including phenoxy) is 2. The third-order valence-corrected chi connectivity index (χ3v) is 9.20. The van der Waals surface area contributed by atoms with Crippen LogP contribution in [0, 0.1) is 5.92 Å². The fourth-order valence-electron chi connectivity index (χ4n) is 5.20. The summed E-state index contributed by atoms with van der Waals surface area (Å²) in [6.45, 7) is 3.91. The summed E-state index contributed by atoms with van der Waals surface area (Å²) >= 11 is 0. The zero-order chi connectivity index (χ0) is 32.1. The van der Waals surface area contributed by atoms with Crippen LogP contribution in [-0.4, -0.2) is 79.7 Å². The van der Waals surface area contributed by atoms with E-state index in [1.807, 2.05) is 44.2 Å². The monoisotopic (exact) mass is 636 g/mol. The summed E-state index contributed by atoms with van der Waals surface area (Å²) in [7, 11) is -2.58. The molecule has 1 aliphatic rings. The van der Waals surface area contributed by atoms with E-state index in [4.69, 9.17) is 19.6 Å². The largest absolute Gasteiger partial charge is 0.434 e. The number of rotatable bonds is 13. The van der Waals surface area contributed by atoms with Crippen LogP contribution in [0.2, 0.25) is 0 Å². The molecule has 2 aromatic carbocycles. The number of anilines is 2. The van der Waals surface area contributed by atoms with E-state index in [-0.39, 0.29) is 42.0 Å². The Morgan fingerprint density at radius 2 is 1.89 bits per heavy atom. The Balaban J connectivity index is 1.40. The van der Waals surface area contributed by atoms with E-state index < -0.39 is 40.3 Å². The lowest BCUT2D eigenvalue weighted by atomic mass is 10.00. The van der Waals surface area contributed by atoms with Gasteiger partial charge in [-0.25, -0.2) is 18.2 Å². The van der Waals surface area contributed by atoms with Gasteiger partial charge < -0.3 is 24.9 Å². The lowest BCUT2D eigenvalue weighted by Gasteiger charge is -2.33. The van der Waals surface area contributed by atoms with Crippen LogP contribution in [0.1, 0.15) is 19.4 Å². The summed E-state index contributed by atoms with van der Waals surface area (Å²) in [6, 6.07) is 18.2. The molecule has 3 heterocycles. The normalized spacial score (nSPS) is 16.7. The van der Waals surface area contributed by atoms with Crippen molar-refractivity contribution in [3.63, 3.8) is 0 Å². The fourth-order valence-corrected chi connectivity index (χ4v) is 6.83. The topological polar surface area (TPSA) is 170 Å². The third kappa shape index (κ3) is 7.41. The highest BCUT2D eigenvalue weighted by Gasteiger charge is 2.40. The van der Waals surface area contributed by atoms with Crippen molar-refractivity contribution in [3.05, 3.63) is 78.5 Å². The van der Waals surface area contributed by atoms with Crippen LogP contribution in [0.5, 0.6) is 0 Å². The van der Waals surface area contributed by atoms with Gasteiger partial charge in [-0.15, -0.1) is 0 Å². The van der Waals surface area contributed by atoms with Crippen molar-refractivity contribution in [1.82, 2.24) is 19.6 Å². The average Bonchev–Trinajstić information content (AvgIpc) is 3.60. The van der Waals surface area contributed by atoms with Gasteiger partial charge in [0.1, 0.15) is 11.3 Å². The second kappa shape index (κ2) is 13.6. The zero-order valence-corrected chi connectivity index (χ0v) is 26.0. The van der Waals surface area contributed by atoms with Crippen LogP contribution in [0.15, 0.2) is 82.2 Å². The predicted molar refractivity (Wildman–Crippen MR) is 167 cm³/mol. The molecular formula is C31H36N6O7S. The van der Waals surface area contributed by atoms with Crippen LogP contribution >= 0.6 is 0 Å². The van der Waals surface area contributed by atoms with Gasteiger partial charge in [0.15, 0.2) is 11.7 Å². The van der Waals surface area contributed by atoms with Gasteiger partial charge in [-0.2, -0.15) is 9.29 Å². The number of nitrogens with one attached hydrogen (secondary N) is 1. The van der Waals surface area contributed by atoms with E-state index in [9.17, 15) is 18.0 Å². The molecule has 0 radical (unpaired) electrons. The molecule has 3 atom stereocenters. The Morgan fingerprint density at radius 3 is 2.58 bits per heavy atom. The molecule has 1 saturated heterocycles. The van der Waals surface area contributed by atoms with E-state index in [1.54, 1.807) is 30.5 Å². The molecule has 13 nitrogen and oxygen atoms in total. The molecule has 0 bridgehead atoms. The average molecular weight is 637 g/mol. The third-order valence-electron chi connectivity index (χ3n) is 7.37. The first kappa shape index (κ1) is 31.9. The Morgan fingerprint density at radius 1 is 1.13 bits per heavy atom. The number of sulfonamides is 1. The SMILES string of the molecule is CO[C@H](CN(CC(C)C)S(=O)(=O)c1ccc2nc(N)oc2c1)[C@H](Cc1ccccc1)NC(=O)[C@@H]1CN(c2ccccn2)C(=O)O1. The highest BCUT2D eigenvalue weighted by molar-refractivity contribution is 7.89. The van der Waals surface area contributed by atoms with Crippen molar-refractivity contribution in [3.8, 4) is 0 Å². The number of methoxy groups -OCH3 is 1. The zero-order valence-electron chi connectivity index (χ0n) is 25.2. The number of hydrogen-bond acceptors (Lipinski definition) is 10. The van der Waals surface area contributed by atoms with E-state index in [1.165, 1.54) is 28.4 Å². The molecule has 238 valence electrons. The molecule has 3 N–H and O–H groups in total. The number of aromatic nitrogens is 2. The first-order chi connectivity index (χ1) is 21.5. The molecule has 5 rings (SSSR count). The standard InChI is InChI=1S/C31H36N6O7S/c1-20(2)17-36(45(40,41)22-12-13-23-25(16-22)43-30(32)35-23)18-26(42-3)24(15-21-9-5-4-6-10-21)34-29(38)27-19-37(31(39)44-27)28-11-7-8-14-33-28/h4-14,16,20,24,26-27H,15,17-19H2,1-3H3,(H2,32,35)(H,34,38)/t24-,26+,27-/m0/s1. The van der Waals surface area contributed by atoms with Gasteiger partial charge in [0, 0.05) is 32.5 Å².